The minimum Gasteiger partial charge on any atom is -0.283 e. The zero-order valence-corrected chi connectivity index (χ0v) is 17.0. The molecule has 0 radical (unpaired) electrons. The lowest BCUT2D eigenvalue weighted by Gasteiger charge is -2.20. The number of aryl methyl sites for hydroxylation is 2. The van der Waals surface area contributed by atoms with E-state index in [0.29, 0.717) is 11.7 Å². The number of amides is 1. The first-order chi connectivity index (χ1) is 14.0. The number of carbonyl (C=O) groups excluding carboxylic acids is 1. The third-order valence-corrected chi connectivity index (χ3v) is 5.90. The second-order valence-electron chi connectivity index (χ2n) is 7.05. The topological polar surface area (TPSA) is 46.1 Å². The van der Waals surface area contributed by atoms with Gasteiger partial charge in [-0.05, 0) is 66.4 Å². The summed E-state index contributed by atoms with van der Waals surface area (Å²) in [5.41, 5.74) is 4.95. The molecule has 2 aromatic heterocycles. The number of anilines is 1. The summed E-state index contributed by atoms with van der Waals surface area (Å²) in [7, 11) is 0. The van der Waals surface area contributed by atoms with Gasteiger partial charge in [0.1, 0.15) is 5.82 Å². The Morgan fingerprint density at radius 2 is 1.83 bits per heavy atom. The highest BCUT2D eigenvalue weighted by Crippen LogP contribution is 2.32. The number of halogens is 1. The molecule has 29 heavy (non-hydrogen) atoms. The second kappa shape index (κ2) is 8.09. The Morgan fingerprint density at radius 3 is 2.55 bits per heavy atom. The summed E-state index contributed by atoms with van der Waals surface area (Å²) in [5.74, 6) is -0.404. The zero-order chi connectivity index (χ0) is 20.4. The third kappa shape index (κ3) is 4.32. The number of rotatable bonds is 5. The lowest BCUT2D eigenvalue weighted by Crippen LogP contribution is -2.31. The number of benzene rings is 2. The van der Waals surface area contributed by atoms with Gasteiger partial charge in [-0.1, -0.05) is 29.5 Å². The van der Waals surface area contributed by atoms with E-state index < -0.39 is 0 Å². The third-order valence-electron chi connectivity index (χ3n) is 4.86. The van der Waals surface area contributed by atoms with Gasteiger partial charge < -0.3 is 0 Å². The lowest BCUT2D eigenvalue weighted by molar-refractivity contribution is -0.118. The number of fused-ring (bicyclic) bond motifs is 1. The van der Waals surface area contributed by atoms with Crippen LogP contribution in [0.3, 0.4) is 0 Å². The summed E-state index contributed by atoms with van der Waals surface area (Å²) in [6.45, 7) is 4.51. The SMILES string of the molecule is Cc1cc2nc(N(Cc3cccnc3)C(=O)Cc3ccc(F)cc3)sc2cc1C. The summed E-state index contributed by atoms with van der Waals surface area (Å²) in [5, 5.41) is 0.654. The van der Waals surface area contributed by atoms with Crippen molar-refractivity contribution < 1.29 is 9.18 Å². The predicted octanol–water partition coefficient (Wildman–Crippen LogP) is 5.22. The van der Waals surface area contributed by atoms with Crippen LogP contribution < -0.4 is 4.90 Å². The predicted molar refractivity (Wildman–Crippen MR) is 115 cm³/mol. The molecule has 0 saturated heterocycles. The molecule has 2 aromatic carbocycles. The number of thiazole rings is 1. The van der Waals surface area contributed by atoms with Crippen molar-refractivity contribution in [2.24, 2.45) is 0 Å². The van der Waals surface area contributed by atoms with Gasteiger partial charge >= 0.3 is 0 Å². The minimum atomic E-state index is -0.315. The first-order valence-corrected chi connectivity index (χ1v) is 10.1. The molecule has 4 aromatic rings. The van der Waals surface area contributed by atoms with Crippen LogP contribution in [0.1, 0.15) is 22.3 Å². The second-order valence-corrected chi connectivity index (χ2v) is 8.05. The van der Waals surface area contributed by atoms with Gasteiger partial charge in [0, 0.05) is 12.4 Å². The lowest BCUT2D eigenvalue weighted by atomic mass is 10.1. The largest absolute Gasteiger partial charge is 0.283 e. The van der Waals surface area contributed by atoms with Crippen LogP contribution in [-0.4, -0.2) is 15.9 Å². The van der Waals surface area contributed by atoms with E-state index in [4.69, 9.17) is 4.98 Å². The number of nitrogens with zero attached hydrogens (tertiary/aromatic N) is 3. The molecule has 0 aliphatic carbocycles. The van der Waals surface area contributed by atoms with Crippen LogP contribution >= 0.6 is 11.3 Å². The fraction of sp³-hybridized carbons (Fsp3) is 0.174. The molecule has 146 valence electrons. The van der Waals surface area contributed by atoms with Crippen molar-refractivity contribution in [3.8, 4) is 0 Å². The number of pyridine rings is 1. The Hall–Kier alpha value is -3.12. The average Bonchev–Trinajstić information content (AvgIpc) is 3.11. The molecule has 0 N–H and O–H groups in total. The Kier molecular flexibility index (Phi) is 5.36. The molecule has 0 fully saturated rings. The van der Waals surface area contributed by atoms with Crippen LogP contribution in [0.15, 0.2) is 60.9 Å². The molecule has 0 aliphatic rings. The summed E-state index contributed by atoms with van der Waals surface area (Å²) >= 11 is 1.50. The normalized spacial score (nSPS) is 11.0. The van der Waals surface area contributed by atoms with Crippen molar-refractivity contribution >= 4 is 32.6 Å². The van der Waals surface area contributed by atoms with Gasteiger partial charge in [-0.15, -0.1) is 0 Å². The summed E-state index contributed by atoms with van der Waals surface area (Å²) < 4.78 is 14.3. The first kappa shape index (κ1) is 19.2. The van der Waals surface area contributed by atoms with Crippen molar-refractivity contribution in [1.82, 2.24) is 9.97 Å². The zero-order valence-electron chi connectivity index (χ0n) is 16.2. The molecule has 0 aliphatic heterocycles. The Balaban J connectivity index is 1.69. The van der Waals surface area contributed by atoms with Crippen LogP contribution in [-0.2, 0) is 17.8 Å². The quantitative estimate of drug-likeness (QED) is 0.457. The molecule has 0 spiro atoms. The van der Waals surface area contributed by atoms with Gasteiger partial charge in [-0.25, -0.2) is 9.37 Å². The van der Waals surface area contributed by atoms with Gasteiger partial charge in [0.15, 0.2) is 5.13 Å². The summed E-state index contributed by atoms with van der Waals surface area (Å²) in [6, 6.07) is 14.0. The van der Waals surface area contributed by atoms with Crippen LogP contribution in [0, 0.1) is 19.7 Å². The van der Waals surface area contributed by atoms with Crippen molar-refractivity contribution in [1.29, 1.82) is 0 Å². The molecule has 1 amide bonds. The van der Waals surface area contributed by atoms with E-state index in [0.717, 1.165) is 21.3 Å². The van der Waals surface area contributed by atoms with E-state index in [2.05, 4.69) is 31.0 Å². The number of aromatic nitrogens is 2. The van der Waals surface area contributed by atoms with Gasteiger partial charge in [-0.3, -0.25) is 14.7 Å². The maximum Gasteiger partial charge on any atom is 0.233 e. The maximum atomic E-state index is 13.2. The minimum absolute atomic E-state index is 0.0899. The van der Waals surface area contributed by atoms with E-state index in [-0.39, 0.29) is 18.1 Å². The molecule has 0 saturated carbocycles. The van der Waals surface area contributed by atoms with Gasteiger partial charge in [-0.2, -0.15) is 0 Å². The molecular formula is C23H20FN3OS. The molecule has 0 atom stereocenters. The first-order valence-electron chi connectivity index (χ1n) is 9.31. The monoisotopic (exact) mass is 405 g/mol. The van der Waals surface area contributed by atoms with Crippen LogP contribution in [0.2, 0.25) is 0 Å². The average molecular weight is 405 g/mol. The molecule has 0 bridgehead atoms. The molecule has 4 nitrogen and oxygen atoms in total. The van der Waals surface area contributed by atoms with E-state index in [1.807, 2.05) is 12.1 Å². The van der Waals surface area contributed by atoms with Crippen molar-refractivity contribution in [3.63, 3.8) is 0 Å². The Morgan fingerprint density at radius 1 is 1.07 bits per heavy atom. The van der Waals surface area contributed by atoms with E-state index in [1.165, 1.54) is 34.6 Å². The van der Waals surface area contributed by atoms with E-state index in [1.54, 1.807) is 29.4 Å². The van der Waals surface area contributed by atoms with Crippen molar-refractivity contribution in [2.45, 2.75) is 26.8 Å². The molecule has 2 heterocycles. The molecule has 6 heteroatoms. The fourth-order valence-electron chi connectivity index (χ4n) is 3.09. The number of hydrogen-bond donors (Lipinski definition) is 0. The highest BCUT2D eigenvalue weighted by molar-refractivity contribution is 7.22. The van der Waals surface area contributed by atoms with E-state index in [9.17, 15) is 9.18 Å². The summed E-state index contributed by atoms with van der Waals surface area (Å²) in [4.78, 5) is 23.8. The smallest absolute Gasteiger partial charge is 0.233 e. The maximum absolute atomic E-state index is 13.2. The van der Waals surface area contributed by atoms with Crippen molar-refractivity contribution in [3.05, 3.63) is 89.0 Å². The van der Waals surface area contributed by atoms with Gasteiger partial charge in [0.25, 0.3) is 0 Å². The number of hydrogen-bond acceptors (Lipinski definition) is 4. The number of carbonyl (C=O) groups is 1. The highest BCUT2D eigenvalue weighted by Gasteiger charge is 2.21. The van der Waals surface area contributed by atoms with Crippen LogP contribution in [0.4, 0.5) is 9.52 Å². The van der Waals surface area contributed by atoms with Crippen LogP contribution in [0.5, 0.6) is 0 Å². The van der Waals surface area contributed by atoms with Crippen molar-refractivity contribution in [2.75, 3.05) is 4.90 Å². The molecule has 0 unspecified atom stereocenters. The van der Waals surface area contributed by atoms with E-state index >= 15 is 0 Å². The highest BCUT2D eigenvalue weighted by atomic mass is 32.1. The Bertz CT molecular complexity index is 1120. The fourth-order valence-corrected chi connectivity index (χ4v) is 4.15. The Labute approximate surface area is 172 Å². The standard InChI is InChI=1S/C23H20FN3OS/c1-15-10-20-21(11-16(15)2)29-23(26-20)27(14-18-4-3-9-25-13-18)22(28)12-17-5-7-19(24)8-6-17/h3-11,13H,12,14H2,1-2H3. The van der Waals surface area contributed by atoms with Gasteiger partial charge in [0.05, 0.1) is 23.2 Å². The van der Waals surface area contributed by atoms with Crippen LogP contribution in [0.25, 0.3) is 10.2 Å². The summed E-state index contributed by atoms with van der Waals surface area (Å²) in [6.07, 6.45) is 3.63. The molecule has 4 rings (SSSR count). The molecular weight excluding hydrogens is 385 g/mol. The van der Waals surface area contributed by atoms with Gasteiger partial charge in [0.2, 0.25) is 5.91 Å².